The first-order chi connectivity index (χ1) is 7.49. The van der Waals surface area contributed by atoms with E-state index in [1.165, 1.54) is 0 Å². The Balaban J connectivity index is 2.55. The van der Waals surface area contributed by atoms with Gasteiger partial charge in [-0.1, -0.05) is 29.8 Å². The summed E-state index contributed by atoms with van der Waals surface area (Å²) in [5.74, 6) is 0.598. The molecule has 1 rings (SSSR count). The minimum Gasteiger partial charge on any atom is -0.350 e. The Hall–Kier alpha value is -0.830. The van der Waals surface area contributed by atoms with E-state index in [-0.39, 0.29) is 11.9 Å². The van der Waals surface area contributed by atoms with Crippen LogP contribution < -0.4 is 5.32 Å². The smallest absolute Gasteiger partial charge is 0.251 e. The van der Waals surface area contributed by atoms with E-state index in [9.17, 15) is 4.79 Å². The number of carbonyl (C=O) groups is 1. The molecule has 16 heavy (non-hydrogen) atoms. The molecule has 0 heterocycles. The number of hydrogen-bond acceptors (Lipinski definition) is 1. The van der Waals surface area contributed by atoms with Crippen molar-refractivity contribution in [3.05, 3.63) is 34.3 Å². The lowest BCUT2D eigenvalue weighted by Crippen LogP contribution is -2.33. The van der Waals surface area contributed by atoms with Crippen LogP contribution in [0.1, 0.15) is 37.6 Å². The molecule has 1 amide bonds. The molecule has 1 atom stereocenters. The summed E-state index contributed by atoms with van der Waals surface area (Å²) in [5, 5.41) is 2.99. The molecule has 1 aromatic carbocycles. The maximum Gasteiger partial charge on any atom is 0.251 e. The van der Waals surface area contributed by atoms with Gasteiger partial charge in [0.1, 0.15) is 0 Å². The molecule has 1 aromatic rings. The number of halogens is 1. The molecule has 0 saturated carbocycles. The fourth-order valence-corrected chi connectivity index (χ4v) is 1.94. The zero-order valence-corrected chi connectivity index (χ0v) is 11.5. The average Bonchev–Trinajstić information content (AvgIpc) is 2.16. The summed E-state index contributed by atoms with van der Waals surface area (Å²) in [5.41, 5.74) is 0.707. The highest BCUT2D eigenvalue weighted by atomic mass is 79.9. The summed E-state index contributed by atoms with van der Waals surface area (Å²) in [6.45, 7) is 6.35. The van der Waals surface area contributed by atoms with Crippen LogP contribution >= 0.6 is 15.9 Å². The summed E-state index contributed by atoms with van der Waals surface area (Å²) in [6, 6.07) is 7.61. The van der Waals surface area contributed by atoms with Gasteiger partial charge in [0.25, 0.3) is 5.91 Å². The number of carbonyl (C=O) groups excluding carboxylic acids is 1. The maximum atomic E-state index is 11.8. The number of hydrogen-bond donors (Lipinski definition) is 1. The second-order valence-corrected chi connectivity index (χ2v) is 5.43. The van der Waals surface area contributed by atoms with Crippen molar-refractivity contribution in [2.45, 2.75) is 33.2 Å². The van der Waals surface area contributed by atoms with Gasteiger partial charge in [0.05, 0.1) is 0 Å². The summed E-state index contributed by atoms with van der Waals surface area (Å²) < 4.78 is 0.985. The van der Waals surface area contributed by atoms with Crippen LogP contribution in [0.2, 0.25) is 0 Å². The Labute approximate surface area is 106 Å². The minimum atomic E-state index is 0.000602. The summed E-state index contributed by atoms with van der Waals surface area (Å²) >= 11 is 3.35. The van der Waals surface area contributed by atoms with Crippen molar-refractivity contribution >= 4 is 21.8 Å². The third-order valence-corrected chi connectivity index (χ3v) is 2.84. The molecule has 0 fully saturated rings. The van der Waals surface area contributed by atoms with Gasteiger partial charge >= 0.3 is 0 Å². The Morgan fingerprint density at radius 3 is 2.31 bits per heavy atom. The number of rotatable bonds is 4. The fourth-order valence-electron chi connectivity index (χ4n) is 1.67. The van der Waals surface area contributed by atoms with Crippen molar-refractivity contribution in [2.75, 3.05) is 0 Å². The molecule has 0 aliphatic heterocycles. The lowest BCUT2D eigenvalue weighted by Gasteiger charge is -2.15. The predicted octanol–water partition coefficient (Wildman–Crippen LogP) is 3.61. The van der Waals surface area contributed by atoms with E-state index in [2.05, 4.69) is 35.1 Å². The van der Waals surface area contributed by atoms with E-state index < -0.39 is 0 Å². The van der Waals surface area contributed by atoms with Crippen LogP contribution in [0.25, 0.3) is 0 Å². The molecule has 0 spiro atoms. The number of benzene rings is 1. The minimum absolute atomic E-state index is 0.000602. The SMILES string of the molecule is CC(C)C[C@@H](C)NC(=O)c1ccc(Br)cc1. The molecule has 0 aromatic heterocycles. The van der Waals surface area contributed by atoms with Crippen LogP contribution in [-0.2, 0) is 0 Å². The van der Waals surface area contributed by atoms with Gasteiger partial charge in [-0.25, -0.2) is 0 Å². The highest BCUT2D eigenvalue weighted by Crippen LogP contribution is 2.11. The molecule has 0 bridgehead atoms. The third kappa shape index (κ3) is 4.35. The molecule has 2 nitrogen and oxygen atoms in total. The van der Waals surface area contributed by atoms with E-state index in [4.69, 9.17) is 0 Å². The molecule has 0 saturated heterocycles. The lowest BCUT2D eigenvalue weighted by molar-refractivity contribution is 0.0936. The third-order valence-electron chi connectivity index (χ3n) is 2.31. The van der Waals surface area contributed by atoms with Gasteiger partial charge in [-0.05, 0) is 43.5 Å². The highest BCUT2D eigenvalue weighted by molar-refractivity contribution is 9.10. The number of nitrogens with one attached hydrogen (secondary N) is 1. The summed E-state index contributed by atoms with van der Waals surface area (Å²) in [6.07, 6.45) is 1.00. The largest absolute Gasteiger partial charge is 0.350 e. The van der Waals surface area contributed by atoms with Crippen LogP contribution in [0.5, 0.6) is 0 Å². The Kier molecular flexibility index (Phi) is 5.00. The van der Waals surface area contributed by atoms with E-state index >= 15 is 0 Å². The van der Waals surface area contributed by atoms with Gasteiger partial charge in [-0.2, -0.15) is 0 Å². The van der Waals surface area contributed by atoms with Gasteiger partial charge in [0.15, 0.2) is 0 Å². The number of amides is 1. The standard InChI is InChI=1S/C13H18BrNO/c1-9(2)8-10(3)15-13(16)11-4-6-12(14)7-5-11/h4-7,9-10H,8H2,1-3H3,(H,15,16)/t10-/m1/s1. The van der Waals surface area contributed by atoms with E-state index in [1.807, 2.05) is 31.2 Å². The first-order valence-electron chi connectivity index (χ1n) is 5.55. The van der Waals surface area contributed by atoms with Crippen molar-refractivity contribution in [3.8, 4) is 0 Å². The molecule has 0 aliphatic rings. The fraction of sp³-hybridized carbons (Fsp3) is 0.462. The quantitative estimate of drug-likeness (QED) is 0.899. The van der Waals surface area contributed by atoms with Crippen LogP contribution in [0.15, 0.2) is 28.7 Å². The summed E-state index contributed by atoms with van der Waals surface area (Å²) in [4.78, 5) is 11.8. The second kappa shape index (κ2) is 6.04. The Morgan fingerprint density at radius 1 is 1.25 bits per heavy atom. The zero-order chi connectivity index (χ0) is 12.1. The Bertz CT molecular complexity index is 345. The van der Waals surface area contributed by atoms with Gasteiger partial charge in [0, 0.05) is 16.1 Å². The van der Waals surface area contributed by atoms with E-state index in [0.29, 0.717) is 11.5 Å². The molecule has 0 aliphatic carbocycles. The van der Waals surface area contributed by atoms with Crippen molar-refractivity contribution in [3.63, 3.8) is 0 Å². The van der Waals surface area contributed by atoms with Crippen LogP contribution in [0.3, 0.4) is 0 Å². The monoisotopic (exact) mass is 283 g/mol. The molecule has 1 N–H and O–H groups in total. The van der Waals surface area contributed by atoms with Crippen LogP contribution in [-0.4, -0.2) is 11.9 Å². The molecule has 0 radical (unpaired) electrons. The highest BCUT2D eigenvalue weighted by Gasteiger charge is 2.10. The van der Waals surface area contributed by atoms with E-state index in [0.717, 1.165) is 10.9 Å². The molecule has 3 heteroatoms. The van der Waals surface area contributed by atoms with Crippen molar-refractivity contribution < 1.29 is 4.79 Å². The molecular formula is C13H18BrNO. The van der Waals surface area contributed by atoms with Crippen molar-refractivity contribution in [1.29, 1.82) is 0 Å². The molecule has 0 unspecified atom stereocenters. The van der Waals surface area contributed by atoms with Gasteiger partial charge in [-0.15, -0.1) is 0 Å². The first kappa shape index (κ1) is 13.2. The van der Waals surface area contributed by atoms with Crippen LogP contribution in [0.4, 0.5) is 0 Å². The maximum absolute atomic E-state index is 11.8. The lowest BCUT2D eigenvalue weighted by atomic mass is 10.0. The molecule has 88 valence electrons. The topological polar surface area (TPSA) is 29.1 Å². The van der Waals surface area contributed by atoms with Crippen LogP contribution in [0, 0.1) is 5.92 Å². The molecular weight excluding hydrogens is 266 g/mol. The van der Waals surface area contributed by atoms with Gasteiger partial charge < -0.3 is 5.32 Å². The van der Waals surface area contributed by atoms with Gasteiger partial charge in [-0.3, -0.25) is 4.79 Å². The first-order valence-corrected chi connectivity index (χ1v) is 6.34. The Morgan fingerprint density at radius 2 is 1.81 bits per heavy atom. The predicted molar refractivity (Wildman–Crippen MR) is 70.5 cm³/mol. The van der Waals surface area contributed by atoms with Gasteiger partial charge in [0.2, 0.25) is 0 Å². The zero-order valence-electron chi connectivity index (χ0n) is 9.96. The van der Waals surface area contributed by atoms with Crippen molar-refractivity contribution in [1.82, 2.24) is 5.32 Å². The second-order valence-electron chi connectivity index (χ2n) is 4.51. The normalized spacial score (nSPS) is 12.6. The van der Waals surface area contributed by atoms with Crippen molar-refractivity contribution in [2.24, 2.45) is 5.92 Å². The van der Waals surface area contributed by atoms with E-state index in [1.54, 1.807) is 0 Å². The summed E-state index contributed by atoms with van der Waals surface area (Å²) in [7, 11) is 0. The average molecular weight is 284 g/mol.